The molecule has 1 aliphatic heterocycles. The lowest BCUT2D eigenvalue weighted by atomic mass is 10.0. The van der Waals surface area contributed by atoms with Crippen molar-refractivity contribution >= 4 is 15.7 Å². The zero-order valence-corrected chi connectivity index (χ0v) is 13.2. The van der Waals surface area contributed by atoms with Gasteiger partial charge in [0.25, 0.3) is 5.91 Å². The van der Waals surface area contributed by atoms with Crippen LogP contribution in [0.5, 0.6) is 5.75 Å². The quantitative estimate of drug-likeness (QED) is 0.890. The van der Waals surface area contributed by atoms with Crippen LogP contribution in [0.25, 0.3) is 0 Å². The molecule has 0 saturated carbocycles. The first-order valence-electron chi connectivity index (χ1n) is 7.05. The fourth-order valence-corrected chi connectivity index (χ4v) is 4.58. The summed E-state index contributed by atoms with van der Waals surface area (Å²) in [5, 5.41) is 2.77. The Balaban J connectivity index is 1.88. The maximum Gasteiger partial charge on any atom is 0.258 e. The molecule has 1 aliphatic rings. The van der Waals surface area contributed by atoms with Crippen LogP contribution in [0.3, 0.4) is 0 Å². The Morgan fingerprint density at radius 2 is 2.19 bits per heavy atom. The Morgan fingerprint density at radius 3 is 2.81 bits per heavy atom. The smallest absolute Gasteiger partial charge is 0.258 e. The Bertz CT molecular complexity index is 626. The molecule has 0 spiro atoms. The number of amides is 1. The van der Waals surface area contributed by atoms with Gasteiger partial charge in [-0.25, -0.2) is 8.42 Å². The van der Waals surface area contributed by atoms with Crippen LogP contribution in [0.1, 0.15) is 25.8 Å². The molecule has 2 rings (SSSR count). The van der Waals surface area contributed by atoms with Gasteiger partial charge in [-0.2, -0.15) is 0 Å². The van der Waals surface area contributed by atoms with E-state index in [-0.39, 0.29) is 24.0 Å². The number of carbonyl (C=O) groups is 1. The first-order valence-corrected chi connectivity index (χ1v) is 8.87. The summed E-state index contributed by atoms with van der Waals surface area (Å²) in [5.74, 6) is 0.477. The standard InChI is InChI=1S/C15H21NO4S/c1-3-12-5-4-6-13(9-12)20-10-14(17)16-15(2)7-8-21(18,19)11-15/h4-6,9H,3,7-8,10-11H2,1-2H3,(H,16,17). The minimum Gasteiger partial charge on any atom is -0.484 e. The molecular formula is C15H21NO4S. The first-order chi connectivity index (χ1) is 9.82. The molecule has 1 amide bonds. The topological polar surface area (TPSA) is 72.5 Å². The Labute approximate surface area is 125 Å². The molecule has 0 aromatic heterocycles. The van der Waals surface area contributed by atoms with Crippen molar-refractivity contribution in [2.75, 3.05) is 18.1 Å². The summed E-state index contributed by atoms with van der Waals surface area (Å²) in [6.45, 7) is 3.70. The van der Waals surface area contributed by atoms with Crippen LogP contribution < -0.4 is 10.1 Å². The second-order valence-corrected chi connectivity index (χ2v) is 7.92. The van der Waals surface area contributed by atoms with Crippen molar-refractivity contribution in [1.29, 1.82) is 0 Å². The highest BCUT2D eigenvalue weighted by molar-refractivity contribution is 7.91. The number of rotatable bonds is 5. The van der Waals surface area contributed by atoms with Gasteiger partial charge in [-0.3, -0.25) is 4.79 Å². The van der Waals surface area contributed by atoms with Crippen LogP contribution >= 0.6 is 0 Å². The lowest BCUT2D eigenvalue weighted by molar-refractivity contribution is -0.124. The van der Waals surface area contributed by atoms with E-state index >= 15 is 0 Å². The highest BCUT2D eigenvalue weighted by Crippen LogP contribution is 2.22. The van der Waals surface area contributed by atoms with Gasteiger partial charge in [0.2, 0.25) is 0 Å². The van der Waals surface area contributed by atoms with Crippen molar-refractivity contribution in [3.63, 3.8) is 0 Å². The van der Waals surface area contributed by atoms with Gasteiger partial charge in [0.15, 0.2) is 16.4 Å². The van der Waals surface area contributed by atoms with Gasteiger partial charge in [-0.15, -0.1) is 0 Å². The van der Waals surface area contributed by atoms with Crippen LogP contribution in [0.2, 0.25) is 0 Å². The lowest BCUT2D eigenvalue weighted by Gasteiger charge is -2.23. The third kappa shape index (κ3) is 4.46. The average molecular weight is 311 g/mol. The van der Waals surface area contributed by atoms with E-state index in [1.807, 2.05) is 25.1 Å². The summed E-state index contributed by atoms with van der Waals surface area (Å²) < 4.78 is 28.4. The van der Waals surface area contributed by atoms with Crippen molar-refractivity contribution in [1.82, 2.24) is 5.32 Å². The van der Waals surface area contributed by atoms with Crippen molar-refractivity contribution in [2.24, 2.45) is 0 Å². The van der Waals surface area contributed by atoms with Crippen molar-refractivity contribution in [2.45, 2.75) is 32.2 Å². The van der Waals surface area contributed by atoms with Gasteiger partial charge < -0.3 is 10.1 Å². The van der Waals surface area contributed by atoms with E-state index in [0.29, 0.717) is 12.2 Å². The molecule has 1 N–H and O–H groups in total. The number of nitrogens with one attached hydrogen (secondary N) is 1. The highest BCUT2D eigenvalue weighted by atomic mass is 32.2. The predicted molar refractivity (Wildman–Crippen MR) is 81.1 cm³/mol. The molecule has 1 unspecified atom stereocenters. The van der Waals surface area contributed by atoms with Gasteiger partial charge in [0.1, 0.15) is 5.75 Å². The SMILES string of the molecule is CCc1cccc(OCC(=O)NC2(C)CCS(=O)(=O)C2)c1. The highest BCUT2D eigenvalue weighted by Gasteiger charge is 2.39. The number of aryl methyl sites for hydroxylation is 1. The van der Waals surface area contributed by atoms with Crippen molar-refractivity contribution < 1.29 is 17.9 Å². The molecule has 116 valence electrons. The molecule has 1 fully saturated rings. The Kier molecular flexibility index (Phi) is 4.56. The summed E-state index contributed by atoms with van der Waals surface area (Å²) >= 11 is 0. The van der Waals surface area contributed by atoms with Crippen molar-refractivity contribution in [3.05, 3.63) is 29.8 Å². The summed E-state index contributed by atoms with van der Waals surface area (Å²) in [4.78, 5) is 11.9. The normalized spacial score (nSPS) is 23.7. The Morgan fingerprint density at radius 1 is 1.43 bits per heavy atom. The second-order valence-electron chi connectivity index (χ2n) is 5.74. The first kappa shape index (κ1) is 15.8. The zero-order valence-electron chi connectivity index (χ0n) is 12.4. The van der Waals surface area contributed by atoms with E-state index in [1.165, 1.54) is 0 Å². The molecule has 0 bridgehead atoms. The fourth-order valence-electron chi connectivity index (χ4n) is 2.49. The second kappa shape index (κ2) is 6.05. The Hall–Kier alpha value is -1.56. The maximum absolute atomic E-state index is 11.9. The van der Waals surface area contributed by atoms with Crippen LogP contribution in [0, 0.1) is 0 Å². The molecule has 1 atom stereocenters. The van der Waals surface area contributed by atoms with Crippen LogP contribution in [-0.2, 0) is 21.1 Å². The molecule has 5 nitrogen and oxygen atoms in total. The summed E-state index contributed by atoms with van der Waals surface area (Å²) in [5.41, 5.74) is 0.464. The zero-order chi connectivity index (χ0) is 15.5. The van der Waals surface area contributed by atoms with E-state index in [1.54, 1.807) is 13.0 Å². The molecule has 1 aromatic rings. The van der Waals surface area contributed by atoms with E-state index in [9.17, 15) is 13.2 Å². The molecule has 0 aliphatic carbocycles. The number of carbonyl (C=O) groups excluding carboxylic acids is 1. The van der Waals surface area contributed by atoms with Gasteiger partial charge in [0, 0.05) is 0 Å². The summed E-state index contributed by atoms with van der Waals surface area (Å²) in [6.07, 6.45) is 1.35. The number of ether oxygens (including phenoxy) is 1. The van der Waals surface area contributed by atoms with E-state index in [0.717, 1.165) is 12.0 Å². The molecular weight excluding hydrogens is 290 g/mol. The van der Waals surface area contributed by atoms with Gasteiger partial charge in [0.05, 0.1) is 17.0 Å². The lowest BCUT2D eigenvalue weighted by Crippen LogP contribution is -2.48. The number of sulfone groups is 1. The molecule has 0 radical (unpaired) electrons. The summed E-state index contributed by atoms with van der Waals surface area (Å²) in [6, 6.07) is 7.58. The van der Waals surface area contributed by atoms with Crippen LogP contribution in [0.15, 0.2) is 24.3 Å². The average Bonchev–Trinajstić information content (AvgIpc) is 2.70. The monoisotopic (exact) mass is 311 g/mol. The van der Waals surface area contributed by atoms with Crippen LogP contribution in [-0.4, -0.2) is 38.0 Å². The molecule has 6 heteroatoms. The third-order valence-electron chi connectivity index (χ3n) is 3.62. The summed E-state index contributed by atoms with van der Waals surface area (Å²) in [7, 11) is -3.03. The largest absolute Gasteiger partial charge is 0.484 e. The van der Waals surface area contributed by atoms with E-state index in [4.69, 9.17) is 4.74 Å². The fraction of sp³-hybridized carbons (Fsp3) is 0.533. The molecule has 1 heterocycles. The number of hydrogen-bond acceptors (Lipinski definition) is 4. The van der Waals surface area contributed by atoms with E-state index < -0.39 is 15.4 Å². The molecule has 21 heavy (non-hydrogen) atoms. The maximum atomic E-state index is 11.9. The molecule has 1 aromatic carbocycles. The van der Waals surface area contributed by atoms with Crippen LogP contribution in [0.4, 0.5) is 0 Å². The third-order valence-corrected chi connectivity index (χ3v) is 5.52. The minimum absolute atomic E-state index is 0.00292. The van der Waals surface area contributed by atoms with Crippen molar-refractivity contribution in [3.8, 4) is 5.75 Å². The molecule has 1 saturated heterocycles. The van der Waals surface area contributed by atoms with Gasteiger partial charge in [-0.05, 0) is 37.5 Å². The number of hydrogen-bond donors (Lipinski definition) is 1. The predicted octanol–water partition coefficient (Wildman–Crippen LogP) is 1.32. The van der Waals surface area contributed by atoms with Gasteiger partial charge in [-0.1, -0.05) is 19.1 Å². The number of benzene rings is 1. The minimum atomic E-state index is -3.03. The van der Waals surface area contributed by atoms with E-state index in [2.05, 4.69) is 5.32 Å². The van der Waals surface area contributed by atoms with Gasteiger partial charge >= 0.3 is 0 Å².